The summed E-state index contributed by atoms with van der Waals surface area (Å²) in [7, 11) is 0. The Morgan fingerprint density at radius 2 is 0.867 bits per heavy atom. The van der Waals surface area contributed by atoms with E-state index in [9.17, 15) is 0 Å². The molecule has 5 bridgehead atoms. The Kier molecular flexibility index (Phi) is 13.7. The minimum atomic E-state index is -0.206. The molecule has 0 radical (unpaired) electrons. The monoisotopic (exact) mass is 1360 g/mol. The fourth-order valence-electron chi connectivity index (χ4n) is 19.7. The molecule has 3 unspecified atom stereocenters. The highest BCUT2D eigenvalue weighted by molar-refractivity contribution is 7.25. The van der Waals surface area contributed by atoms with Gasteiger partial charge in [-0.2, -0.15) is 0 Å². The Morgan fingerprint density at radius 1 is 0.343 bits per heavy atom. The molecule has 5 nitrogen and oxygen atoms in total. The number of ether oxygens (including phenoxy) is 1. The highest BCUT2D eigenvalue weighted by atomic mass is 32.1. The number of rotatable bonds is 11. The maximum Gasteiger partial charge on any atom is 0.256 e. The molecule has 1 aromatic heterocycles. The van der Waals surface area contributed by atoms with Crippen LogP contribution in [0, 0.1) is 0 Å². The van der Waals surface area contributed by atoms with Gasteiger partial charge in [-0.15, -0.1) is 11.3 Å². The zero-order valence-electron chi connectivity index (χ0n) is 57.8. The molecule has 1 saturated carbocycles. The van der Waals surface area contributed by atoms with E-state index in [2.05, 4.69) is 378 Å². The predicted molar refractivity (Wildman–Crippen MR) is 447 cm³/mol. The lowest BCUT2D eigenvalue weighted by Crippen LogP contribution is -2.73. The number of anilines is 9. The standard InChI is InChI=1S/C96H67B3N4OS/c1-2-100(69-37-16-7-17-38-69)81-46-23-19-42-75(81)97-77-44-21-25-48-83(77)102-84-49-26-22-45-78(84)98-79-59-80-87(60-85(79)103(96-93(97)92(98)95(96)102)94-71(63-33-12-5-13-34-63)40-28-41-72(94)64-35-14-6-15-36-64)104-88-58-68(65-51-52-90-74(56-65)73-39-18-27-50-89(73)105-90)57-86-91(88)99(80)76-43-20-24-47-82(76)101(86)70-54-66(61-29-8-3-9-30-61)53-67(55-70)62-31-10-4-11-32-62/h3-60,92-93,95-96H,2H2,1H3/t92?,93?,95?,96-/m0/s1. The zero-order valence-corrected chi connectivity index (χ0v) is 58.7. The first-order valence-corrected chi connectivity index (χ1v) is 37.9. The third kappa shape index (κ3) is 9.17. The normalized spacial score (nSPS) is 16.6. The summed E-state index contributed by atoms with van der Waals surface area (Å²) in [6.07, 6.45) is 0. The fraction of sp³-hybridized carbons (Fsp3) is 0.0625. The molecule has 492 valence electrons. The quantitative estimate of drug-likeness (QED) is 0.120. The highest BCUT2D eigenvalue weighted by Gasteiger charge is 2.70. The van der Waals surface area contributed by atoms with Gasteiger partial charge in [-0.25, -0.2) is 0 Å². The van der Waals surface area contributed by atoms with E-state index in [1.807, 2.05) is 11.3 Å². The summed E-state index contributed by atoms with van der Waals surface area (Å²) in [6.45, 7) is 2.87. The molecule has 0 N–H and O–H groups in total. The topological polar surface area (TPSA) is 22.2 Å². The Hall–Kier alpha value is -12.3. The summed E-state index contributed by atoms with van der Waals surface area (Å²) in [5.74, 6) is 2.03. The van der Waals surface area contributed by atoms with E-state index < -0.39 is 0 Å². The molecule has 7 heterocycles. The third-order valence-corrected chi connectivity index (χ3v) is 25.1. The molecular formula is C96H67B3N4OS. The summed E-state index contributed by atoms with van der Waals surface area (Å²) >= 11 is 1.86. The lowest BCUT2D eigenvalue weighted by Gasteiger charge is -2.62. The van der Waals surface area contributed by atoms with Crippen LogP contribution in [0.3, 0.4) is 0 Å². The summed E-state index contributed by atoms with van der Waals surface area (Å²) in [4.78, 5) is 10.8. The molecule has 0 saturated heterocycles. The first-order chi connectivity index (χ1) is 52.1. The first kappa shape index (κ1) is 60.3. The Morgan fingerprint density at radius 3 is 1.51 bits per heavy atom. The number of benzene rings is 15. The highest BCUT2D eigenvalue weighted by Crippen LogP contribution is 2.65. The Labute approximate surface area is 617 Å². The summed E-state index contributed by atoms with van der Waals surface area (Å²) in [6, 6.07) is 133. The van der Waals surface area contributed by atoms with Crippen LogP contribution in [0.15, 0.2) is 352 Å². The van der Waals surface area contributed by atoms with Gasteiger partial charge in [-0.3, -0.25) is 0 Å². The number of fused-ring (bicyclic) bond motifs is 11. The van der Waals surface area contributed by atoms with Crippen LogP contribution in [0.5, 0.6) is 11.5 Å². The van der Waals surface area contributed by atoms with Crippen LogP contribution in [0.4, 0.5) is 51.2 Å². The summed E-state index contributed by atoms with van der Waals surface area (Å²) in [5, 5.41) is 2.54. The second-order valence-electron chi connectivity index (χ2n) is 29.1. The van der Waals surface area contributed by atoms with E-state index in [0.29, 0.717) is 0 Å². The van der Waals surface area contributed by atoms with Gasteiger partial charge in [0.2, 0.25) is 13.4 Å². The number of hydrogen-bond acceptors (Lipinski definition) is 6. The maximum absolute atomic E-state index is 8.12. The van der Waals surface area contributed by atoms with Crippen molar-refractivity contribution in [2.75, 3.05) is 26.1 Å². The van der Waals surface area contributed by atoms with Gasteiger partial charge < -0.3 is 24.3 Å². The summed E-state index contributed by atoms with van der Waals surface area (Å²) < 4.78 is 10.7. The van der Waals surface area contributed by atoms with Gasteiger partial charge in [-0.1, -0.05) is 283 Å². The largest absolute Gasteiger partial charge is 0.458 e. The van der Waals surface area contributed by atoms with Crippen LogP contribution in [0.25, 0.3) is 75.8 Å². The first-order valence-electron chi connectivity index (χ1n) is 37.1. The molecule has 6 aliphatic heterocycles. The van der Waals surface area contributed by atoms with Gasteiger partial charge >= 0.3 is 0 Å². The molecule has 4 atom stereocenters. The van der Waals surface area contributed by atoms with E-state index in [-0.39, 0.29) is 43.9 Å². The lowest BCUT2D eigenvalue weighted by molar-refractivity contribution is 0.336. The van der Waals surface area contributed by atoms with Gasteiger partial charge in [-0.05, 0) is 164 Å². The van der Waals surface area contributed by atoms with Gasteiger partial charge in [0.1, 0.15) is 11.5 Å². The van der Waals surface area contributed by atoms with E-state index in [4.69, 9.17) is 4.74 Å². The van der Waals surface area contributed by atoms with Gasteiger partial charge in [0.05, 0.1) is 17.8 Å². The third-order valence-electron chi connectivity index (χ3n) is 23.9. The SMILES string of the molecule is CCN(c1ccccc1)c1ccccc1B1c2ccccc2N2c3ccccc3B3c4cc5c(cc4N(c4c(-c6ccccc6)cccc4-c4ccccc4)[C@H]4C1C3C42)Oc1cc(-c2ccc3sc4ccccc4c3c2)cc2c1B5c1ccccc1N2c1cc(-c2ccccc2)cc(-c2ccccc2)c1. The molecule has 0 amide bonds. The van der Waals surface area contributed by atoms with Crippen LogP contribution in [-0.4, -0.2) is 38.8 Å². The molecule has 16 aromatic rings. The van der Waals surface area contributed by atoms with Crippen molar-refractivity contribution >= 4 is 141 Å². The van der Waals surface area contributed by atoms with E-state index >= 15 is 0 Å². The smallest absolute Gasteiger partial charge is 0.256 e. The van der Waals surface area contributed by atoms with E-state index in [0.717, 1.165) is 57.4 Å². The number of hydrogen-bond donors (Lipinski definition) is 0. The van der Waals surface area contributed by atoms with Crippen molar-refractivity contribution < 1.29 is 4.74 Å². The van der Waals surface area contributed by atoms with Crippen molar-refractivity contribution in [3.63, 3.8) is 0 Å². The average molecular weight is 1360 g/mol. The molecule has 9 heteroatoms. The molecular weight excluding hydrogens is 1290 g/mol. The number of para-hydroxylation sites is 6. The van der Waals surface area contributed by atoms with Crippen molar-refractivity contribution in [3.05, 3.63) is 352 Å². The van der Waals surface area contributed by atoms with Crippen molar-refractivity contribution in [3.8, 4) is 67.1 Å². The Bertz CT molecular complexity index is 6060. The van der Waals surface area contributed by atoms with Crippen molar-refractivity contribution in [1.82, 2.24) is 0 Å². The van der Waals surface area contributed by atoms with Gasteiger partial charge in [0.25, 0.3) is 6.71 Å². The fourth-order valence-corrected chi connectivity index (χ4v) is 20.8. The van der Waals surface area contributed by atoms with Crippen LogP contribution in [0.1, 0.15) is 6.92 Å². The molecule has 7 aliphatic rings. The average Bonchev–Trinajstić information content (AvgIpc) is 1.54. The van der Waals surface area contributed by atoms with Crippen LogP contribution in [-0.2, 0) is 0 Å². The van der Waals surface area contributed by atoms with Crippen molar-refractivity contribution in [2.24, 2.45) is 0 Å². The van der Waals surface area contributed by atoms with E-state index in [1.165, 1.54) is 126 Å². The molecule has 23 rings (SSSR count). The minimum Gasteiger partial charge on any atom is -0.458 e. The second-order valence-corrected chi connectivity index (χ2v) is 30.2. The summed E-state index contributed by atoms with van der Waals surface area (Å²) in [5.41, 5.74) is 31.4. The minimum absolute atomic E-state index is 0.0164. The molecule has 15 aromatic carbocycles. The van der Waals surface area contributed by atoms with Gasteiger partial charge in [0, 0.05) is 89.4 Å². The van der Waals surface area contributed by atoms with E-state index in [1.54, 1.807) is 0 Å². The molecule has 105 heavy (non-hydrogen) atoms. The molecule has 1 fully saturated rings. The van der Waals surface area contributed by atoms with Crippen molar-refractivity contribution in [2.45, 2.75) is 30.6 Å². The van der Waals surface area contributed by atoms with Crippen LogP contribution >= 0.6 is 11.3 Å². The molecule has 1 aliphatic carbocycles. The number of nitrogens with zero attached hydrogens (tertiary/aromatic N) is 4. The molecule has 0 spiro atoms. The van der Waals surface area contributed by atoms with Crippen LogP contribution < -0.4 is 62.6 Å². The van der Waals surface area contributed by atoms with Crippen LogP contribution in [0.2, 0.25) is 11.6 Å². The number of thiophene rings is 1. The predicted octanol–water partition coefficient (Wildman–Crippen LogP) is 20.0. The maximum atomic E-state index is 8.12. The zero-order chi connectivity index (χ0) is 69.0. The van der Waals surface area contributed by atoms with Crippen molar-refractivity contribution in [1.29, 1.82) is 0 Å². The Balaban J connectivity index is 0.832. The van der Waals surface area contributed by atoms with Gasteiger partial charge in [0.15, 0.2) is 0 Å². The lowest BCUT2D eigenvalue weighted by atomic mass is 9.16. The second kappa shape index (κ2) is 23.9.